The van der Waals surface area contributed by atoms with Crippen LogP contribution >= 0.6 is 0 Å². The fourth-order valence-electron chi connectivity index (χ4n) is 3.23. The maximum atomic E-state index is 13.0. The number of piperidine rings is 1. The molecule has 1 heterocycles. The van der Waals surface area contributed by atoms with Crippen molar-refractivity contribution in [1.29, 1.82) is 0 Å². The number of nitrogens with zero attached hydrogens (tertiary/aromatic N) is 1. The van der Waals surface area contributed by atoms with Gasteiger partial charge in [0, 0.05) is 24.7 Å². The second kappa shape index (κ2) is 9.00. The van der Waals surface area contributed by atoms with E-state index in [1.165, 1.54) is 6.07 Å². The lowest BCUT2D eigenvalue weighted by molar-refractivity contribution is 0.0937. The van der Waals surface area contributed by atoms with Crippen molar-refractivity contribution in [3.63, 3.8) is 0 Å². The van der Waals surface area contributed by atoms with Gasteiger partial charge in [0.25, 0.3) is 5.91 Å². The van der Waals surface area contributed by atoms with Gasteiger partial charge in [-0.2, -0.15) is 4.31 Å². The minimum Gasteiger partial charge on any atom is -0.350 e. The van der Waals surface area contributed by atoms with E-state index in [-0.39, 0.29) is 16.8 Å². The summed E-state index contributed by atoms with van der Waals surface area (Å²) >= 11 is 0. The Bertz CT molecular complexity index is 723. The molecule has 1 aromatic rings. The quantitative estimate of drug-likeness (QED) is 0.784. The van der Waals surface area contributed by atoms with Gasteiger partial charge < -0.3 is 5.32 Å². The van der Waals surface area contributed by atoms with Gasteiger partial charge in [-0.1, -0.05) is 26.3 Å². The van der Waals surface area contributed by atoms with Crippen molar-refractivity contribution >= 4 is 15.9 Å². The van der Waals surface area contributed by atoms with Crippen molar-refractivity contribution in [3.8, 4) is 0 Å². The monoisotopic (exact) mass is 380 g/mol. The number of hydrogen-bond donors (Lipinski definition) is 1. The molecule has 1 atom stereocenters. The zero-order valence-electron chi connectivity index (χ0n) is 16.4. The third-order valence-electron chi connectivity index (χ3n) is 4.94. The van der Waals surface area contributed by atoms with Gasteiger partial charge in [-0.15, -0.1) is 0 Å². The first kappa shape index (κ1) is 20.9. The third kappa shape index (κ3) is 5.30. The molecule has 5 nitrogen and oxygen atoms in total. The van der Waals surface area contributed by atoms with Crippen LogP contribution in [-0.4, -0.2) is 37.8 Å². The number of hydrogen-bond acceptors (Lipinski definition) is 3. The third-order valence-corrected chi connectivity index (χ3v) is 6.98. The van der Waals surface area contributed by atoms with Crippen LogP contribution in [0, 0.1) is 12.8 Å². The average molecular weight is 381 g/mol. The number of benzene rings is 1. The minimum absolute atomic E-state index is 0.0633. The predicted molar refractivity (Wildman–Crippen MR) is 105 cm³/mol. The molecule has 1 amide bonds. The second-order valence-electron chi connectivity index (χ2n) is 7.79. The van der Waals surface area contributed by atoms with Gasteiger partial charge in [-0.25, -0.2) is 8.42 Å². The molecule has 146 valence electrons. The van der Waals surface area contributed by atoms with E-state index in [1.807, 2.05) is 6.92 Å². The molecule has 1 unspecified atom stereocenters. The molecule has 6 heteroatoms. The molecule has 0 aliphatic carbocycles. The van der Waals surface area contributed by atoms with E-state index >= 15 is 0 Å². The molecule has 1 fully saturated rings. The largest absolute Gasteiger partial charge is 0.350 e. The van der Waals surface area contributed by atoms with E-state index in [2.05, 4.69) is 19.2 Å². The second-order valence-corrected chi connectivity index (χ2v) is 9.70. The molecule has 1 aliphatic rings. The van der Waals surface area contributed by atoms with Crippen LogP contribution in [0.15, 0.2) is 23.1 Å². The van der Waals surface area contributed by atoms with Crippen LogP contribution in [0.4, 0.5) is 0 Å². The Balaban J connectivity index is 2.17. The zero-order chi connectivity index (χ0) is 19.3. The topological polar surface area (TPSA) is 66.5 Å². The SMILES string of the molecule is Cc1ccc(C(=O)NC(C)CCC(C)C)cc1S(=O)(=O)N1CCCCC1. The van der Waals surface area contributed by atoms with Crippen molar-refractivity contribution in [2.24, 2.45) is 5.92 Å². The molecule has 26 heavy (non-hydrogen) atoms. The minimum atomic E-state index is -3.55. The number of rotatable bonds is 7. The lowest BCUT2D eigenvalue weighted by atomic mass is 10.0. The number of sulfonamides is 1. The molecule has 0 spiro atoms. The normalized spacial score (nSPS) is 17.3. The Hall–Kier alpha value is -1.40. The van der Waals surface area contributed by atoms with Crippen LogP contribution in [0.25, 0.3) is 0 Å². The van der Waals surface area contributed by atoms with E-state index in [1.54, 1.807) is 23.4 Å². The van der Waals surface area contributed by atoms with Crippen molar-refractivity contribution in [2.75, 3.05) is 13.1 Å². The molecule has 1 aromatic carbocycles. The predicted octanol–water partition coefficient (Wildman–Crippen LogP) is 3.72. The fourth-order valence-corrected chi connectivity index (χ4v) is 4.99. The van der Waals surface area contributed by atoms with Crippen molar-refractivity contribution in [1.82, 2.24) is 9.62 Å². The summed E-state index contributed by atoms with van der Waals surface area (Å²) in [5.41, 5.74) is 1.09. The molecular weight excluding hydrogens is 348 g/mol. The smallest absolute Gasteiger partial charge is 0.251 e. The highest BCUT2D eigenvalue weighted by atomic mass is 32.2. The first-order chi connectivity index (χ1) is 12.2. The fraction of sp³-hybridized carbons (Fsp3) is 0.650. The molecule has 2 rings (SSSR count). The van der Waals surface area contributed by atoms with Crippen LogP contribution in [0.5, 0.6) is 0 Å². The highest BCUT2D eigenvalue weighted by Crippen LogP contribution is 2.24. The van der Waals surface area contributed by atoms with Gasteiger partial charge in [-0.3, -0.25) is 4.79 Å². The summed E-state index contributed by atoms with van der Waals surface area (Å²) in [5.74, 6) is 0.381. The van der Waals surface area contributed by atoms with Gasteiger partial charge in [0.2, 0.25) is 10.0 Å². The highest BCUT2D eigenvalue weighted by Gasteiger charge is 2.28. The molecule has 0 bridgehead atoms. The number of carbonyl (C=O) groups excluding carboxylic acids is 1. The summed E-state index contributed by atoms with van der Waals surface area (Å²) in [6.45, 7) is 9.21. The molecule has 1 N–H and O–H groups in total. The lowest BCUT2D eigenvalue weighted by Gasteiger charge is -2.26. The first-order valence-corrected chi connectivity index (χ1v) is 11.1. The molecule has 0 aromatic heterocycles. The van der Waals surface area contributed by atoms with Gasteiger partial charge in [0.1, 0.15) is 0 Å². The Labute approximate surface area is 158 Å². The van der Waals surface area contributed by atoms with Gasteiger partial charge in [0.05, 0.1) is 4.90 Å². The van der Waals surface area contributed by atoms with E-state index in [0.29, 0.717) is 30.1 Å². The summed E-state index contributed by atoms with van der Waals surface area (Å²) in [6.07, 6.45) is 4.82. The average Bonchev–Trinajstić information content (AvgIpc) is 2.60. The Morgan fingerprint density at radius 3 is 2.38 bits per heavy atom. The Morgan fingerprint density at radius 2 is 1.77 bits per heavy atom. The number of carbonyl (C=O) groups is 1. The maximum absolute atomic E-state index is 13.0. The number of amides is 1. The number of aryl methyl sites for hydroxylation is 1. The van der Waals surface area contributed by atoms with Crippen LogP contribution in [0.2, 0.25) is 0 Å². The van der Waals surface area contributed by atoms with Gasteiger partial charge >= 0.3 is 0 Å². The molecule has 0 radical (unpaired) electrons. The van der Waals surface area contributed by atoms with Gasteiger partial charge in [-0.05, 0) is 63.1 Å². The summed E-state index contributed by atoms with van der Waals surface area (Å²) in [5, 5.41) is 2.98. The van der Waals surface area contributed by atoms with Crippen molar-refractivity contribution in [2.45, 2.75) is 70.7 Å². The molecule has 1 aliphatic heterocycles. The van der Waals surface area contributed by atoms with Crippen LogP contribution in [0.1, 0.15) is 68.8 Å². The van der Waals surface area contributed by atoms with E-state index in [0.717, 1.165) is 32.1 Å². The summed E-state index contributed by atoms with van der Waals surface area (Å²) < 4.78 is 27.5. The maximum Gasteiger partial charge on any atom is 0.251 e. The van der Waals surface area contributed by atoms with E-state index in [4.69, 9.17) is 0 Å². The summed E-state index contributed by atoms with van der Waals surface area (Å²) in [4.78, 5) is 12.8. The van der Waals surface area contributed by atoms with E-state index < -0.39 is 10.0 Å². The van der Waals surface area contributed by atoms with Crippen LogP contribution < -0.4 is 5.32 Å². The van der Waals surface area contributed by atoms with Gasteiger partial charge in [0.15, 0.2) is 0 Å². The van der Waals surface area contributed by atoms with Crippen molar-refractivity contribution in [3.05, 3.63) is 29.3 Å². The zero-order valence-corrected chi connectivity index (χ0v) is 17.2. The van der Waals surface area contributed by atoms with E-state index in [9.17, 15) is 13.2 Å². The van der Waals surface area contributed by atoms with Crippen LogP contribution in [-0.2, 0) is 10.0 Å². The highest BCUT2D eigenvalue weighted by molar-refractivity contribution is 7.89. The number of nitrogens with one attached hydrogen (secondary N) is 1. The molecular formula is C20H32N2O3S. The van der Waals surface area contributed by atoms with Crippen LogP contribution in [0.3, 0.4) is 0 Å². The Kier molecular flexibility index (Phi) is 7.24. The van der Waals surface area contributed by atoms with Crippen molar-refractivity contribution < 1.29 is 13.2 Å². The summed E-state index contributed by atoms with van der Waals surface area (Å²) in [6, 6.07) is 5.02. The lowest BCUT2D eigenvalue weighted by Crippen LogP contribution is -2.36. The Morgan fingerprint density at radius 1 is 1.12 bits per heavy atom. The standard InChI is InChI=1S/C20H32N2O3S/c1-15(2)8-10-17(4)21-20(23)18-11-9-16(3)19(14-18)26(24,25)22-12-6-5-7-13-22/h9,11,14-15,17H,5-8,10,12-13H2,1-4H3,(H,21,23). The molecule has 0 saturated carbocycles. The first-order valence-electron chi connectivity index (χ1n) is 9.63. The summed E-state index contributed by atoms with van der Waals surface area (Å²) in [7, 11) is -3.55. The molecule has 1 saturated heterocycles.